The first-order valence-corrected chi connectivity index (χ1v) is 9.22. The maximum atomic E-state index is 13.0. The third-order valence-electron chi connectivity index (χ3n) is 5.30. The summed E-state index contributed by atoms with van der Waals surface area (Å²) in [5.74, 6) is 0.109. The summed E-state index contributed by atoms with van der Waals surface area (Å²) >= 11 is 0. The number of ketones is 1. The summed E-state index contributed by atoms with van der Waals surface area (Å²) in [6.07, 6.45) is 1.74. The van der Waals surface area contributed by atoms with E-state index in [1.807, 2.05) is 47.9 Å². The number of rotatable bonds is 5. The van der Waals surface area contributed by atoms with E-state index in [-0.39, 0.29) is 11.8 Å². The molecule has 0 saturated carbocycles. The van der Waals surface area contributed by atoms with Crippen LogP contribution in [0.5, 0.6) is 0 Å². The van der Waals surface area contributed by atoms with Gasteiger partial charge in [0.2, 0.25) is 0 Å². The molecule has 0 unspecified atom stereocenters. The minimum atomic E-state index is 0.109. The van der Waals surface area contributed by atoms with Crippen LogP contribution in [0, 0.1) is 13.8 Å². The van der Waals surface area contributed by atoms with Crippen molar-refractivity contribution in [3.05, 3.63) is 89.5 Å². The van der Waals surface area contributed by atoms with Crippen LogP contribution in [0.15, 0.2) is 67.0 Å². The van der Waals surface area contributed by atoms with Gasteiger partial charge in [-0.1, -0.05) is 42.5 Å². The molecule has 0 bridgehead atoms. The Morgan fingerprint density at radius 1 is 1.04 bits per heavy atom. The molecular formula is C23H23N3O. The zero-order valence-corrected chi connectivity index (χ0v) is 15.9. The minimum Gasteiger partial charge on any atom is -0.341 e. The number of Topliss-reactive ketones (excluding diaryl/α,β-unsaturated/α-hetero) is 1. The van der Waals surface area contributed by atoms with E-state index in [4.69, 9.17) is 0 Å². The first-order valence-electron chi connectivity index (χ1n) is 9.22. The molecule has 2 aromatic heterocycles. The average Bonchev–Trinajstić information content (AvgIpc) is 3.22. The van der Waals surface area contributed by atoms with Crippen LogP contribution in [0.2, 0.25) is 0 Å². The van der Waals surface area contributed by atoms with E-state index in [1.54, 1.807) is 6.33 Å². The number of para-hydroxylation sites is 2. The first kappa shape index (κ1) is 17.3. The second kappa shape index (κ2) is 6.88. The number of nitrogens with zero attached hydrogens (tertiary/aromatic N) is 3. The number of fused-ring (bicyclic) bond motifs is 1. The third-order valence-corrected chi connectivity index (χ3v) is 5.30. The van der Waals surface area contributed by atoms with E-state index in [1.165, 1.54) is 5.56 Å². The average molecular weight is 357 g/mol. The van der Waals surface area contributed by atoms with Crippen LogP contribution in [-0.4, -0.2) is 19.9 Å². The fourth-order valence-electron chi connectivity index (χ4n) is 3.91. The van der Waals surface area contributed by atoms with Gasteiger partial charge >= 0.3 is 0 Å². The van der Waals surface area contributed by atoms with Gasteiger partial charge in [0.1, 0.15) is 0 Å². The Labute approximate surface area is 159 Å². The number of benzene rings is 2. The Kier molecular flexibility index (Phi) is 4.40. The monoisotopic (exact) mass is 357 g/mol. The zero-order valence-electron chi connectivity index (χ0n) is 15.9. The Hall–Kier alpha value is -3.14. The maximum absolute atomic E-state index is 13.0. The smallest absolute Gasteiger partial charge is 0.184 e. The topological polar surface area (TPSA) is 39.8 Å². The van der Waals surface area contributed by atoms with Crippen molar-refractivity contribution in [2.75, 3.05) is 0 Å². The molecule has 0 aliphatic rings. The van der Waals surface area contributed by atoms with Gasteiger partial charge in [-0.15, -0.1) is 0 Å². The molecule has 4 aromatic rings. The molecule has 0 aliphatic carbocycles. The van der Waals surface area contributed by atoms with Gasteiger partial charge in [-0.05, 0) is 44.5 Å². The van der Waals surface area contributed by atoms with E-state index in [0.717, 1.165) is 28.0 Å². The molecule has 0 aliphatic heterocycles. The van der Waals surface area contributed by atoms with Crippen molar-refractivity contribution in [3.8, 4) is 0 Å². The summed E-state index contributed by atoms with van der Waals surface area (Å²) < 4.78 is 4.17. The molecule has 0 amide bonds. The molecule has 0 radical (unpaired) electrons. The van der Waals surface area contributed by atoms with Crippen molar-refractivity contribution in [1.29, 1.82) is 0 Å². The molecule has 0 fully saturated rings. The van der Waals surface area contributed by atoms with E-state index in [0.29, 0.717) is 6.54 Å². The van der Waals surface area contributed by atoms with Gasteiger partial charge in [-0.3, -0.25) is 4.79 Å². The number of carbonyl (C=O) groups excluding carboxylic acids is 1. The highest BCUT2D eigenvalue weighted by Crippen LogP contribution is 2.26. The quantitative estimate of drug-likeness (QED) is 0.474. The van der Waals surface area contributed by atoms with Gasteiger partial charge < -0.3 is 9.13 Å². The summed E-state index contributed by atoms with van der Waals surface area (Å²) in [6, 6.07) is 20.5. The normalized spacial score (nSPS) is 12.4. The molecule has 0 saturated heterocycles. The molecule has 4 nitrogen and oxygen atoms in total. The second-order valence-corrected chi connectivity index (χ2v) is 7.03. The van der Waals surface area contributed by atoms with Crippen LogP contribution in [0.25, 0.3) is 11.0 Å². The van der Waals surface area contributed by atoms with Crippen LogP contribution in [0.1, 0.15) is 40.3 Å². The predicted molar refractivity (Wildman–Crippen MR) is 108 cm³/mol. The molecule has 136 valence electrons. The highest BCUT2D eigenvalue weighted by Gasteiger charge is 2.20. The van der Waals surface area contributed by atoms with E-state index >= 15 is 0 Å². The summed E-state index contributed by atoms with van der Waals surface area (Å²) in [7, 11) is 0. The standard InChI is InChI=1S/C23H23N3O/c1-16-13-20(18(3)26(16)17(2)19-9-5-4-6-10-19)23(27)14-25-15-24-21-11-7-8-12-22(21)25/h4-13,15,17H,14H2,1-3H3/t17-/m1/s1. The first-order chi connectivity index (χ1) is 13.1. The minimum absolute atomic E-state index is 0.109. The number of hydrogen-bond acceptors (Lipinski definition) is 2. The summed E-state index contributed by atoms with van der Waals surface area (Å²) in [6.45, 7) is 6.57. The Balaban J connectivity index is 1.65. The van der Waals surface area contributed by atoms with Crippen molar-refractivity contribution in [3.63, 3.8) is 0 Å². The summed E-state index contributed by atoms with van der Waals surface area (Å²) in [4.78, 5) is 17.4. The van der Waals surface area contributed by atoms with E-state index in [9.17, 15) is 4.79 Å². The summed E-state index contributed by atoms with van der Waals surface area (Å²) in [5.41, 5.74) is 6.03. The molecule has 2 heterocycles. The fraction of sp³-hybridized carbons (Fsp3) is 0.217. The van der Waals surface area contributed by atoms with Crippen molar-refractivity contribution >= 4 is 16.8 Å². The second-order valence-electron chi connectivity index (χ2n) is 7.03. The molecular weight excluding hydrogens is 334 g/mol. The van der Waals surface area contributed by atoms with Crippen molar-refractivity contribution in [1.82, 2.24) is 14.1 Å². The lowest BCUT2D eigenvalue weighted by Crippen LogP contribution is -2.13. The number of aryl methyl sites for hydroxylation is 1. The SMILES string of the molecule is Cc1cc(C(=O)Cn2cnc3ccccc32)c(C)n1[C@H](C)c1ccccc1. The zero-order chi connectivity index (χ0) is 19.0. The third kappa shape index (κ3) is 3.08. The number of imidazole rings is 1. The lowest BCUT2D eigenvalue weighted by Gasteiger charge is -2.19. The van der Waals surface area contributed by atoms with Gasteiger partial charge in [0.15, 0.2) is 5.78 Å². The van der Waals surface area contributed by atoms with Crippen molar-refractivity contribution in [2.24, 2.45) is 0 Å². The maximum Gasteiger partial charge on any atom is 0.184 e. The van der Waals surface area contributed by atoms with Crippen LogP contribution in [-0.2, 0) is 6.54 Å². The van der Waals surface area contributed by atoms with Gasteiger partial charge in [0.05, 0.1) is 29.9 Å². The summed E-state index contributed by atoms with van der Waals surface area (Å²) in [5, 5.41) is 0. The van der Waals surface area contributed by atoms with E-state index < -0.39 is 0 Å². The largest absolute Gasteiger partial charge is 0.341 e. The Morgan fingerprint density at radius 2 is 1.74 bits per heavy atom. The van der Waals surface area contributed by atoms with Gasteiger partial charge in [-0.25, -0.2) is 4.98 Å². The molecule has 2 aromatic carbocycles. The highest BCUT2D eigenvalue weighted by molar-refractivity contribution is 5.98. The number of carbonyl (C=O) groups is 1. The highest BCUT2D eigenvalue weighted by atomic mass is 16.1. The van der Waals surface area contributed by atoms with Crippen LogP contribution < -0.4 is 0 Å². The van der Waals surface area contributed by atoms with Crippen LogP contribution in [0.3, 0.4) is 0 Å². The van der Waals surface area contributed by atoms with Gasteiger partial charge in [0.25, 0.3) is 0 Å². The van der Waals surface area contributed by atoms with E-state index in [2.05, 4.69) is 47.7 Å². The lowest BCUT2D eigenvalue weighted by molar-refractivity contribution is 0.0972. The molecule has 4 rings (SSSR count). The Bertz CT molecular complexity index is 1110. The lowest BCUT2D eigenvalue weighted by atomic mass is 10.1. The fourth-order valence-corrected chi connectivity index (χ4v) is 3.91. The number of aromatic nitrogens is 3. The number of hydrogen-bond donors (Lipinski definition) is 0. The molecule has 0 spiro atoms. The van der Waals surface area contributed by atoms with Crippen LogP contribution in [0.4, 0.5) is 0 Å². The predicted octanol–water partition coefficient (Wildman–Crippen LogP) is 4.95. The van der Waals surface area contributed by atoms with Crippen molar-refractivity contribution < 1.29 is 4.79 Å². The molecule has 27 heavy (non-hydrogen) atoms. The molecule has 0 N–H and O–H groups in total. The van der Waals surface area contributed by atoms with Crippen molar-refractivity contribution in [2.45, 2.75) is 33.4 Å². The Morgan fingerprint density at radius 3 is 2.52 bits per heavy atom. The van der Waals surface area contributed by atoms with Gasteiger partial charge in [0, 0.05) is 17.0 Å². The van der Waals surface area contributed by atoms with Crippen LogP contribution >= 0.6 is 0 Å². The van der Waals surface area contributed by atoms with Gasteiger partial charge in [-0.2, -0.15) is 0 Å². The molecule has 4 heteroatoms. The molecule has 1 atom stereocenters.